The molecule has 1 amide bonds. The van der Waals surface area contributed by atoms with Crippen molar-refractivity contribution in [1.82, 2.24) is 5.32 Å². The van der Waals surface area contributed by atoms with E-state index >= 15 is 0 Å². The van der Waals surface area contributed by atoms with E-state index in [4.69, 9.17) is 4.74 Å². The van der Waals surface area contributed by atoms with Gasteiger partial charge < -0.3 is 19.5 Å². The molecule has 0 aromatic rings. The molecular weight excluding hydrogens is 306 g/mol. The molecule has 0 aliphatic heterocycles. The molecule has 0 heterocycles. The fourth-order valence-corrected chi connectivity index (χ4v) is 1.78. The van der Waals surface area contributed by atoms with Gasteiger partial charge in [0.15, 0.2) is 0 Å². The second-order valence-corrected chi connectivity index (χ2v) is 5.73. The third kappa shape index (κ3) is 7.12. The molecule has 0 aliphatic carbocycles. The lowest BCUT2D eigenvalue weighted by molar-refractivity contribution is -0.167. The lowest BCUT2D eigenvalue weighted by Gasteiger charge is -2.22. The molecule has 0 aromatic heterocycles. The van der Waals surface area contributed by atoms with Gasteiger partial charge >= 0.3 is 24.0 Å². The van der Waals surface area contributed by atoms with Crippen LogP contribution in [0.2, 0.25) is 0 Å². The minimum atomic E-state index is -1.03. The second-order valence-electron chi connectivity index (χ2n) is 5.73. The highest BCUT2D eigenvalue weighted by molar-refractivity contribution is 5.92. The molecule has 0 fully saturated rings. The largest absolute Gasteiger partial charge is 0.469 e. The molecule has 0 saturated heterocycles. The molecule has 0 bridgehead atoms. The van der Waals surface area contributed by atoms with Crippen LogP contribution in [0.15, 0.2) is 0 Å². The molecule has 0 saturated carbocycles. The van der Waals surface area contributed by atoms with Crippen molar-refractivity contribution in [2.45, 2.75) is 40.2 Å². The van der Waals surface area contributed by atoms with E-state index in [1.54, 1.807) is 27.7 Å². The Morgan fingerprint density at radius 2 is 1.43 bits per heavy atom. The van der Waals surface area contributed by atoms with Gasteiger partial charge in [0.2, 0.25) is 0 Å². The number of carbonyl (C=O) groups excluding carboxylic acids is 4. The van der Waals surface area contributed by atoms with E-state index < -0.39 is 36.0 Å². The third-order valence-corrected chi connectivity index (χ3v) is 3.30. The maximum Gasteiger partial charge on any atom is 0.407 e. The first-order valence-electron chi connectivity index (χ1n) is 7.30. The van der Waals surface area contributed by atoms with Gasteiger partial charge in [-0.3, -0.25) is 9.59 Å². The fraction of sp³-hybridized carbons (Fsp3) is 0.733. The van der Waals surface area contributed by atoms with Gasteiger partial charge in [-0.2, -0.15) is 0 Å². The van der Waals surface area contributed by atoms with Crippen molar-refractivity contribution in [3.8, 4) is 0 Å². The zero-order valence-electron chi connectivity index (χ0n) is 14.4. The predicted molar refractivity (Wildman–Crippen MR) is 80.2 cm³/mol. The minimum Gasteiger partial charge on any atom is -0.469 e. The minimum absolute atomic E-state index is 0.183. The molecule has 2 atom stereocenters. The summed E-state index contributed by atoms with van der Waals surface area (Å²) in [6.45, 7) is 6.82. The number of rotatable bonds is 7. The molecule has 8 heteroatoms. The van der Waals surface area contributed by atoms with E-state index in [0.29, 0.717) is 0 Å². The van der Waals surface area contributed by atoms with E-state index in [2.05, 4.69) is 14.8 Å². The Morgan fingerprint density at radius 1 is 0.870 bits per heavy atom. The van der Waals surface area contributed by atoms with Crippen molar-refractivity contribution in [1.29, 1.82) is 0 Å². The number of methoxy groups -OCH3 is 2. The van der Waals surface area contributed by atoms with Crippen molar-refractivity contribution in [3.05, 3.63) is 0 Å². The molecule has 0 aliphatic rings. The maximum absolute atomic E-state index is 12.1. The number of carbonyl (C=O) groups is 4. The van der Waals surface area contributed by atoms with Gasteiger partial charge in [0.05, 0.1) is 26.6 Å². The topological polar surface area (TPSA) is 108 Å². The van der Waals surface area contributed by atoms with E-state index in [-0.39, 0.29) is 18.3 Å². The summed E-state index contributed by atoms with van der Waals surface area (Å²) >= 11 is 0. The number of esters is 3. The smallest absolute Gasteiger partial charge is 0.407 e. The maximum atomic E-state index is 12.1. The van der Waals surface area contributed by atoms with Crippen LogP contribution < -0.4 is 5.32 Å². The van der Waals surface area contributed by atoms with E-state index in [1.807, 2.05) is 0 Å². The highest BCUT2D eigenvalue weighted by Crippen LogP contribution is 2.18. The van der Waals surface area contributed by atoms with Crippen LogP contribution in [-0.4, -0.2) is 44.3 Å². The SMILES string of the molecule is COC(=O)C[C@H](C(=O)OC(=O)[C@@H](NC(=O)OC)C(C)C)C(C)C. The zero-order valence-corrected chi connectivity index (χ0v) is 14.4. The molecule has 0 rings (SSSR count). The summed E-state index contributed by atoms with van der Waals surface area (Å²) < 4.78 is 13.8. The summed E-state index contributed by atoms with van der Waals surface area (Å²) in [5.74, 6) is -3.63. The van der Waals surface area contributed by atoms with Gasteiger partial charge in [0.1, 0.15) is 6.04 Å². The Hall–Kier alpha value is -2.12. The highest BCUT2D eigenvalue weighted by Gasteiger charge is 2.33. The zero-order chi connectivity index (χ0) is 18.2. The van der Waals surface area contributed by atoms with Crippen molar-refractivity contribution in [2.75, 3.05) is 14.2 Å². The molecule has 0 radical (unpaired) electrons. The molecule has 0 spiro atoms. The van der Waals surface area contributed by atoms with Crippen LogP contribution in [0.3, 0.4) is 0 Å². The van der Waals surface area contributed by atoms with Crippen LogP contribution in [0.5, 0.6) is 0 Å². The second kappa shape index (κ2) is 9.81. The number of hydrogen-bond donors (Lipinski definition) is 1. The standard InChI is InChI=1S/C15H25NO7/c1-8(2)10(7-11(17)21-5)13(18)23-14(19)12(9(3)4)16-15(20)22-6/h8-10,12H,7H2,1-6H3,(H,16,20)/t10-,12-/m0/s1. The third-order valence-electron chi connectivity index (χ3n) is 3.30. The first kappa shape index (κ1) is 20.9. The van der Waals surface area contributed by atoms with Crippen LogP contribution in [-0.2, 0) is 28.6 Å². The number of nitrogens with one attached hydrogen (secondary N) is 1. The van der Waals surface area contributed by atoms with Crippen LogP contribution in [0.4, 0.5) is 4.79 Å². The normalized spacial score (nSPS) is 13.2. The molecular formula is C15H25NO7. The van der Waals surface area contributed by atoms with Gasteiger partial charge in [-0.1, -0.05) is 27.7 Å². The van der Waals surface area contributed by atoms with Gasteiger partial charge in [0, 0.05) is 0 Å². The Morgan fingerprint density at radius 3 is 1.83 bits per heavy atom. The van der Waals surface area contributed by atoms with Crippen molar-refractivity contribution in [2.24, 2.45) is 17.8 Å². The quantitative estimate of drug-likeness (QED) is 0.425. The van der Waals surface area contributed by atoms with Crippen LogP contribution in [0, 0.1) is 17.8 Å². The van der Waals surface area contributed by atoms with Crippen molar-refractivity contribution >= 4 is 24.0 Å². The summed E-state index contributed by atoms with van der Waals surface area (Å²) in [5, 5.41) is 2.31. The summed E-state index contributed by atoms with van der Waals surface area (Å²) in [4.78, 5) is 46.8. The van der Waals surface area contributed by atoms with E-state index in [9.17, 15) is 19.2 Å². The Bertz CT molecular complexity index is 405. The molecule has 0 unspecified atom stereocenters. The number of hydrogen-bond acceptors (Lipinski definition) is 7. The lowest BCUT2D eigenvalue weighted by Crippen LogP contribution is -2.46. The Kier molecular flexibility index (Phi) is 8.90. The highest BCUT2D eigenvalue weighted by atomic mass is 16.6. The molecule has 1 N–H and O–H groups in total. The number of amides is 1. The number of ether oxygens (including phenoxy) is 3. The molecule has 0 aromatic carbocycles. The fourth-order valence-electron chi connectivity index (χ4n) is 1.78. The summed E-state index contributed by atoms with van der Waals surface area (Å²) in [7, 11) is 2.37. The molecule has 23 heavy (non-hydrogen) atoms. The van der Waals surface area contributed by atoms with Crippen molar-refractivity contribution in [3.63, 3.8) is 0 Å². The van der Waals surface area contributed by atoms with Crippen LogP contribution in [0.1, 0.15) is 34.1 Å². The first-order chi connectivity index (χ1) is 10.6. The molecule has 132 valence electrons. The Labute approximate surface area is 135 Å². The van der Waals surface area contributed by atoms with Gasteiger partial charge in [-0.25, -0.2) is 9.59 Å². The first-order valence-corrected chi connectivity index (χ1v) is 7.30. The average Bonchev–Trinajstić information content (AvgIpc) is 2.48. The Balaban J connectivity index is 4.96. The number of alkyl carbamates (subject to hydrolysis) is 1. The van der Waals surface area contributed by atoms with Crippen molar-refractivity contribution < 1.29 is 33.4 Å². The summed E-state index contributed by atoms with van der Waals surface area (Å²) in [5.41, 5.74) is 0. The summed E-state index contributed by atoms with van der Waals surface area (Å²) in [6, 6.07) is -1.03. The van der Waals surface area contributed by atoms with E-state index in [1.165, 1.54) is 7.11 Å². The van der Waals surface area contributed by atoms with Crippen LogP contribution >= 0.6 is 0 Å². The monoisotopic (exact) mass is 331 g/mol. The summed E-state index contributed by atoms with van der Waals surface area (Å²) in [6.07, 6.45) is -0.986. The molecule has 8 nitrogen and oxygen atoms in total. The van der Waals surface area contributed by atoms with E-state index in [0.717, 1.165) is 7.11 Å². The van der Waals surface area contributed by atoms with Gasteiger partial charge in [-0.15, -0.1) is 0 Å². The lowest BCUT2D eigenvalue weighted by atomic mass is 9.92. The van der Waals surface area contributed by atoms with Crippen LogP contribution in [0.25, 0.3) is 0 Å². The average molecular weight is 331 g/mol. The van der Waals surface area contributed by atoms with Gasteiger partial charge in [-0.05, 0) is 11.8 Å². The van der Waals surface area contributed by atoms with Gasteiger partial charge in [0.25, 0.3) is 0 Å². The predicted octanol–water partition coefficient (Wildman–Crippen LogP) is 1.27.